The fourth-order valence-electron chi connectivity index (χ4n) is 2.34. The number of nitrogens with zero attached hydrogens (tertiary/aromatic N) is 2. The number of carbonyl (C=O) groups is 2. The molecule has 2 aromatic rings. The molecule has 0 saturated carbocycles. The molecule has 0 unspecified atom stereocenters. The molecular weight excluding hydrogens is 391 g/mol. The predicted molar refractivity (Wildman–Crippen MR) is 114 cm³/mol. The molecule has 0 aliphatic heterocycles. The van der Waals surface area contributed by atoms with Crippen molar-refractivity contribution in [2.75, 3.05) is 17.2 Å². The average Bonchev–Trinajstić information content (AvgIpc) is 2.73. The summed E-state index contributed by atoms with van der Waals surface area (Å²) in [6, 6.07) is 8.38. The van der Waals surface area contributed by atoms with E-state index in [1.165, 1.54) is 42.2 Å². The van der Waals surface area contributed by atoms with E-state index in [0.29, 0.717) is 11.4 Å². The molecule has 0 atom stereocenters. The highest BCUT2D eigenvalue weighted by molar-refractivity contribution is 7.99. The van der Waals surface area contributed by atoms with Crippen molar-refractivity contribution in [1.82, 2.24) is 4.98 Å². The molecule has 0 saturated heterocycles. The Bertz CT molecular complexity index is 922. The van der Waals surface area contributed by atoms with E-state index in [0.717, 1.165) is 15.5 Å². The Hall–Kier alpha value is -3.19. The number of amides is 1. The van der Waals surface area contributed by atoms with Crippen LogP contribution < -0.4 is 4.90 Å². The Balaban J connectivity index is 2.15. The summed E-state index contributed by atoms with van der Waals surface area (Å²) < 4.78 is 13.2. The zero-order valence-corrected chi connectivity index (χ0v) is 16.7. The molecule has 150 valence electrons. The second-order valence-electron chi connectivity index (χ2n) is 5.91. The number of rotatable bonds is 9. The molecule has 1 aromatic heterocycles. The van der Waals surface area contributed by atoms with Gasteiger partial charge in [0.25, 0.3) is 5.91 Å². The molecule has 1 amide bonds. The molecule has 0 spiro atoms. The van der Waals surface area contributed by atoms with E-state index < -0.39 is 24.2 Å². The third kappa shape index (κ3) is 6.73. The number of thioether (sulfide) groups is 1. The highest BCUT2D eigenvalue weighted by Crippen LogP contribution is 2.21. The van der Waals surface area contributed by atoms with Crippen molar-refractivity contribution in [3.63, 3.8) is 0 Å². The largest absolute Gasteiger partial charge is 0.480 e. The summed E-state index contributed by atoms with van der Waals surface area (Å²) in [5, 5.41) is 9.86. The average molecular weight is 412 g/mol. The molecule has 1 N–H and O–H groups in total. The quantitative estimate of drug-likeness (QED) is 0.476. The SMILES string of the molecule is C=C/C(=C\C=C/C)CSc1ccc(C(=O)N(CC(=O)O)c2ccc(F)cc2)cn1. The fourth-order valence-corrected chi connectivity index (χ4v) is 3.16. The number of aromatic nitrogens is 1. The van der Waals surface area contributed by atoms with Gasteiger partial charge >= 0.3 is 5.97 Å². The van der Waals surface area contributed by atoms with Crippen LogP contribution in [0.15, 0.2) is 84.1 Å². The van der Waals surface area contributed by atoms with Gasteiger partial charge in [0.1, 0.15) is 12.4 Å². The third-order valence-corrected chi connectivity index (χ3v) is 4.83. The van der Waals surface area contributed by atoms with Gasteiger partial charge < -0.3 is 5.11 Å². The van der Waals surface area contributed by atoms with Gasteiger partial charge in [0.15, 0.2) is 0 Å². The number of carboxylic acid groups (broad SMARTS) is 1. The Morgan fingerprint density at radius 1 is 1.24 bits per heavy atom. The van der Waals surface area contributed by atoms with Crippen LogP contribution in [0.2, 0.25) is 0 Å². The van der Waals surface area contributed by atoms with Crippen molar-refractivity contribution in [2.24, 2.45) is 0 Å². The number of halogens is 1. The molecule has 0 bridgehead atoms. The van der Waals surface area contributed by atoms with Crippen molar-refractivity contribution in [3.8, 4) is 0 Å². The molecule has 0 fully saturated rings. The molecule has 0 aliphatic rings. The number of benzene rings is 1. The van der Waals surface area contributed by atoms with Gasteiger partial charge in [-0.05, 0) is 48.9 Å². The topological polar surface area (TPSA) is 70.5 Å². The number of hydrogen-bond donors (Lipinski definition) is 1. The van der Waals surface area contributed by atoms with Crippen molar-refractivity contribution >= 4 is 29.3 Å². The number of allylic oxidation sites excluding steroid dienone is 4. The summed E-state index contributed by atoms with van der Waals surface area (Å²) in [7, 11) is 0. The monoisotopic (exact) mass is 412 g/mol. The van der Waals surface area contributed by atoms with Gasteiger partial charge in [-0.15, -0.1) is 11.8 Å². The van der Waals surface area contributed by atoms with Crippen LogP contribution in [0.1, 0.15) is 17.3 Å². The van der Waals surface area contributed by atoms with E-state index in [-0.39, 0.29) is 5.56 Å². The summed E-state index contributed by atoms with van der Waals surface area (Å²) in [6.45, 7) is 5.17. The van der Waals surface area contributed by atoms with Gasteiger partial charge in [0.05, 0.1) is 10.6 Å². The standard InChI is InChI=1S/C22H21FN2O3S/c1-3-5-6-16(4-2)15-29-20-12-7-17(13-24-20)22(28)25(14-21(26)27)19-10-8-18(23)9-11-19/h3-13H,2,14-15H2,1H3,(H,26,27)/b5-3-,16-6+. The van der Waals surface area contributed by atoms with E-state index in [9.17, 15) is 14.0 Å². The zero-order chi connectivity index (χ0) is 21.2. The first-order chi connectivity index (χ1) is 13.9. The number of anilines is 1. The van der Waals surface area contributed by atoms with Gasteiger partial charge in [-0.1, -0.05) is 30.9 Å². The third-order valence-electron chi connectivity index (χ3n) is 3.81. The highest BCUT2D eigenvalue weighted by atomic mass is 32.2. The molecule has 1 aromatic carbocycles. The first-order valence-corrected chi connectivity index (χ1v) is 9.75. The van der Waals surface area contributed by atoms with E-state index in [1.807, 2.05) is 25.2 Å². The van der Waals surface area contributed by atoms with Crippen LogP contribution in [0.25, 0.3) is 0 Å². The van der Waals surface area contributed by atoms with E-state index >= 15 is 0 Å². The van der Waals surface area contributed by atoms with E-state index in [4.69, 9.17) is 5.11 Å². The maximum Gasteiger partial charge on any atom is 0.323 e. The number of hydrogen-bond acceptors (Lipinski definition) is 4. The van der Waals surface area contributed by atoms with Crippen molar-refractivity contribution in [1.29, 1.82) is 0 Å². The minimum Gasteiger partial charge on any atom is -0.480 e. The minimum absolute atomic E-state index is 0.244. The van der Waals surface area contributed by atoms with Crippen LogP contribution >= 0.6 is 11.8 Å². The van der Waals surface area contributed by atoms with Gasteiger partial charge in [-0.3, -0.25) is 14.5 Å². The molecule has 0 radical (unpaired) electrons. The molecule has 7 heteroatoms. The fraction of sp³-hybridized carbons (Fsp3) is 0.136. The van der Waals surface area contributed by atoms with Crippen LogP contribution in [-0.2, 0) is 4.79 Å². The highest BCUT2D eigenvalue weighted by Gasteiger charge is 2.21. The lowest BCUT2D eigenvalue weighted by Gasteiger charge is -2.21. The Kier molecular flexibility index (Phi) is 8.36. The number of carbonyl (C=O) groups excluding carboxylic acids is 1. The predicted octanol–water partition coefficient (Wildman–Crippen LogP) is 4.73. The summed E-state index contributed by atoms with van der Waals surface area (Å²) >= 11 is 1.50. The van der Waals surface area contributed by atoms with Crippen molar-refractivity contribution in [3.05, 3.63) is 90.4 Å². The van der Waals surface area contributed by atoms with Crippen molar-refractivity contribution in [2.45, 2.75) is 11.9 Å². The maximum absolute atomic E-state index is 13.2. The first-order valence-electron chi connectivity index (χ1n) is 8.77. The van der Waals surface area contributed by atoms with E-state index in [1.54, 1.807) is 18.2 Å². The summed E-state index contributed by atoms with van der Waals surface area (Å²) in [6.07, 6.45) is 9.00. The number of pyridine rings is 1. The van der Waals surface area contributed by atoms with Crippen LogP contribution in [-0.4, -0.2) is 34.3 Å². The smallest absolute Gasteiger partial charge is 0.323 e. The molecule has 29 heavy (non-hydrogen) atoms. The van der Waals surface area contributed by atoms with Crippen LogP contribution in [0, 0.1) is 5.82 Å². The van der Waals surface area contributed by atoms with Gasteiger partial charge in [0.2, 0.25) is 0 Å². The zero-order valence-electron chi connectivity index (χ0n) is 15.9. The van der Waals surface area contributed by atoms with Crippen LogP contribution in [0.4, 0.5) is 10.1 Å². The molecule has 0 aliphatic carbocycles. The normalized spacial score (nSPS) is 11.4. The lowest BCUT2D eigenvalue weighted by atomic mass is 10.2. The summed E-state index contributed by atoms with van der Waals surface area (Å²) in [5.41, 5.74) is 1.58. The lowest BCUT2D eigenvalue weighted by molar-refractivity contribution is -0.135. The van der Waals surface area contributed by atoms with Crippen LogP contribution in [0.5, 0.6) is 0 Å². The lowest BCUT2D eigenvalue weighted by Crippen LogP contribution is -2.35. The first kappa shape index (κ1) is 22.1. The second-order valence-corrected chi connectivity index (χ2v) is 6.90. The van der Waals surface area contributed by atoms with Gasteiger partial charge in [0, 0.05) is 17.6 Å². The Labute approximate surface area is 173 Å². The van der Waals surface area contributed by atoms with Gasteiger partial charge in [-0.25, -0.2) is 9.37 Å². The molecule has 5 nitrogen and oxygen atoms in total. The number of aliphatic carboxylic acids is 1. The number of carboxylic acids is 1. The second kappa shape index (κ2) is 11.0. The summed E-state index contributed by atoms with van der Waals surface area (Å²) in [4.78, 5) is 29.3. The van der Waals surface area contributed by atoms with Crippen LogP contribution in [0.3, 0.4) is 0 Å². The van der Waals surface area contributed by atoms with Crippen molar-refractivity contribution < 1.29 is 19.1 Å². The Morgan fingerprint density at radius 2 is 1.97 bits per heavy atom. The maximum atomic E-state index is 13.2. The minimum atomic E-state index is -1.17. The molecule has 1 heterocycles. The molecule has 2 rings (SSSR count). The van der Waals surface area contributed by atoms with E-state index in [2.05, 4.69) is 11.6 Å². The Morgan fingerprint density at radius 3 is 2.52 bits per heavy atom. The van der Waals surface area contributed by atoms with Gasteiger partial charge in [-0.2, -0.15) is 0 Å². The molecular formula is C22H21FN2O3S. The summed E-state index contributed by atoms with van der Waals surface area (Å²) in [5.74, 6) is -1.49.